The molecule has 0 bridgehead atoms. The molecule has 0 saturated carbocycles. The molecule has 4 heteroatoms. The molecule has 3 rings (SSSR count). The quantitative estimate of drug-likeness (QED) is 0.887. The maximum Gasteiger partial charge on any atom is 0.124 e. The topological polar surface area (TPSA) is 47.9 Å². The Morgan fingerprint density at radius 3 is 2.95 bits per heavy atom. The number of fused-ring (bicyclic) bond motifs is 1. The molecule has 1 aliphatic heterocycles. The number of halogens is 1. The molecule has 0 fully saturated rings. The van der Waals surface area contributed by atoms with Gasteiger partial charge in [-0.15, -0.1) is 0 Å². The van der Waals surface area contributed by atoms with Gasteiger partial charge in [0.05, 0.1) is 17.3 Å². The largest absolute Gasteiger partial charge is 0.377 e. The predicted octanol–water partition coefficient (Wildman–Crippen LogP) is 3.34. The number of nitrogens with one attached hydrogen (secondary N) is 2. The van der Waals surface area contributed by atoms with E-state index in [1.54, 1.807) is 6.07 Å². The van der Waals surface area contributed by atoms with Crippen molar-refractivity contribution >= 4 is 5.69 Å². The molecule has 1 unspecified atom stereocenters. The molecule has 2 aromatic carbocycles. The first-order chi connectivity index (χ1) is 10.3. The molecule has 0 spiro atoms. The number of nitriles is 1. The van der Waals surface area contributed by atoms with Gasteiger partial charge in [-0.05, 0) is 42.3 Å². The highest BCUT2D eigenvalue weighted by atomic mass is 19.1. The van der Waals surface area contributed by atoms with Crippen LogP contribution in [0.5, 0.6) is 0 Å². The molecule has 2 N–H and O–H groups in total. The highest BCUT2D eigenvalue weighted by Crippen LogP contribution is 2.29. The van der Waals surface area contributed by atoms with Crippen molar-refractivity contribution in [1.29, 1.82) is 5.26 Å². The van der Waals surface area contributed by atoms with Crippen LogP contribution < -0.4 is 10.6 Å². The lowest BCUT2D eigenvalue weighted by Crippen LogP contribution is -2.15. The molecule has 1 heterocycles. The van der Waals surface area contributed by atoms with E-state index in [9.17, 15) is 4.39 Å². The lowest BCUT2D eigenvalue weighted by atomic mass is 9.98. The molecular weight excluding hydrogens is 265 g/mol. The van der Waals surface area contributed by atoms with E-state index in [4.69, 9.17) is 5.26 Å². The molecule has 0 amide bonds. The number of anilines is 1. The smallest absolute Gasteiger partial charge is 0.124 e. The number of nitrogens with zero attached hydrogens (tertiary/aromatic N) is 1. The zero-order chi connectivity index (χ0) is 14.7. The number of benzene rings is 2. The summed E-state index contributed by atoms with van der Waals surface area (Å²) in [6.07, 6.45) is 0.916. The molecule has 0 aromatic heterocycles. The summed E-state index contributed by atoms with van der Waals surface area (Å²) in [6, 6.07) is 14.7. The van der Waals surface area contributed by atoms with E-state index in [1.807, 2.05) is 18.2 Å². The first-order valence-electron chi connectivity index (χ1n) is 7.02. The molecule has 0 saturated heterocycles. The van der Waals surface area contributed by atoms with E-state index < -0.39 is 0 Å². The van der Waals surface area contributed by atoms with E-state index in [0.717, 1.165) is 19.5 Å². The molecule has 0 radical (unpaired) electrons. The van der Waals surface area contributed by atoms with Gasteiger partial charge in [0.15, 0.2) is 0 Å². The van der Waals surface area contributed by atoms with Gasteiger partial charge in [0, 0.05) is 6.54 Å². The summed E-state index contributed by atoms with van der Waals surface area (Å²) in [4.78, 5) is 0. The molecule has 3 nitrogen and oxygen atoms in total. The number of hydrogen-bond acceptors (Lipinski definition) is 3. The van der Waals surface area contributed by atoms with Gasteiger partial charge in [0.1, 0.15) is 11.9 Å². The van der Waals surface area contributed by atoms with Gasteiger partial charge in [0.25, 0.3) is 0 Å². The second-order valence-electron chi connectivity index (χ2n) is 5.16. The van der Waals surface area contributed by atoms with E-state index in [2.05, 4.69) is 22.8 Å². The Kier molecular flexibility index (Phi) is 3.85. The van der Waals surface area contributed by atoms with Crippen molar-refractivity contribution in [3.8, 4) is 6.07 Å². The number of hydrogen-bond donors (Lipinski definition) is 2. The fourth-order valence-corrected chi connectivity index (χ4v) is 2.73. The second kappa shape index (κ2) is 5.94. The molecule has 21 heavy (non-hydrogen) atoms. The van der Waals surface area contributed by atoms with Gasteiger partial charge < -0.3 is 10.6 Å². The van der Waals surface area contributed by atoms with Crippen LogP contribution >= 0.6 is 0 Å². The normalized spacial score (nSPS) is 17.4. The van der Waals surface area contributed by atoms with Gasteiger partial charge in [0.2, 0.25) is 0 Å². The third-order valence-corrected chi connectivity index (χ3v) is 3.79. The molecular formula is C17H16FN3. The maximum absolute atomic E-state index is 13.2. The zero-order valence-corrected chi connectivity index (χ0v) is 11.6. The van der Waals surface area contributed by atoms with Crippen LogP contribution in [0.15, 0.2) is 42.5 Å². The van der Waals surface area contributed by atoms with Crippen molar-refractivity contribution in [2.24, 2.45) is 0 Å². The Labute approximate surface area is 123 Å². The summed E-state index contributed by atoms with van der Waals surface area (Å²) in [5.41, 5.74) is 3.51. The monoisotopic (exact) mass is 281 g/mol. The Morgan fingerprint density at radius 1 is 1.24 bits per heavy atom. The summed E-state index contributed by atoms with van der Waals surface area (Å²) >= 11 is 0. The number of rotatable bonds is 2. The van der Waals surface area contributed by atoms with Gasteiger partial charge in [-0.3, -0.25) is 0 Å². The van der Waals surface area contributed by atoms with Crippen LogP contribution in [0, 0.1) is 17.1 Å². The van der Waals surface area contributed by atoms with E-state index >= 15 is 0 Å². The standard InChI is InChI=1S/C17H16FN3/c18-14-5-6-16(13(9-14)10-19)21-17-7-8-20-11-12-3-1-2-4-15(12)17/h1-6,9,17,20-21H,7-8,11H2. The maximum atomic E-state index is 13.2. The second-order valence-corrected chi connectivity index (χ2v) is 5.16. The van der Waals surface area contributed by atoms with E-state index in [0.29, 0.717) is 11.3 Å². The van der Waals surface area contributed by atoms with Crippen molar-refractivity contribution in [1.82, 2.24) is 5.32 Å². The first kappa shape index (κ1) is 13.6. The van der Waals surface area contributed by atoms with Crippen LogP contribution in [0.2, 0.25) is 0 Å². The molecule has 1 atom stereocenters. The fourth-order valence-electron chi connectivity index (χ4n) is 2.73. The third-order valence-electron chi connectivity index (χ3n) is 3.79. The fraction of sp³-hybridized carbons (Fsp3) is 0.235. The molecule has 0 aliphatic carbocycles. The summed E-state index contributed by atoms with van der Waals surface area (Å²) in [6.45, 7) is 1.75. The Hall–Kier alpha value is -2.38. The molecule has 2 aromatic rings. The summed E-state index contributed by atoms with van der Waals surface area (Å²) < 4.78 is 13.2. The van der Waals surface area contributed by atoms with Crippen LogP contribution in [-0.4, -0.2) is 6.54 Å². The van der Waals surface area contributed by atoms with E-state index in [1.165, 1.54) is 23.3 Å². The van der Waals surface area contributed by atoms with Crippen LogP contribution in [-0.2, 0) is 6.54 Å². The van der Waals surface area contributed by atoms with Gasteiger partial charge in [-0.25, -0.2) is 4.39 Å². The molecule has 1 aliphatic rings. The van der Waals surface area contributed by atoms with Crippen molar-refractivity contribution in [3.63, 3.8) is 0 Å². The Bertz CT molecular complexity index is 691. The lowest BCUT2D eigenvalue weighted by molar-refractivity contribution is 0.625. The Balaban J connectivity index is 1.93. The van der Waals surface area contributed by atoms with Crippen LogP contribution in [0.3, 0.4) is 0 Å². The van der Waals surface area contributed by atoms with Crippen molar-refractivity contribution in [2.75, 3.05) is 11.9 Å². The average molecular weight is 281 g/mol. The van der Waals surface area contributed by atoms with Crippen molar-refractivity contribution in [2.45, 2.75) is 19.0 Å². The third kappa shape index (κ3) is 2.88. The minimum Gasteiger partial charge on any atom is -0.377 e. The zero-order valence-electron chi connectivity index (χ0n) is 11.6. The highest BCUT2D eigenvalue weighted by Gasteiger charge is 2.18. The SMILES string of the molecule is N#Cc1cc(F)ccc1NC1CCNCc2ccccc21. The highest BCUT2D eigenvalue weighted by molar-refractivity contribution is 5.58. The van der Waals surface area contributed by atoms with Gasteiger partial charge in [-0.1, -0.05) is 24.3 Å². The van der Waals surface area contributed by atoms with E-state index in [-0.39, 0.29) is 11.9 Å². The summed E-state index contributed by atoms with van der Waals surface area (Å²) in [5.74, 6) is -0.389. The van der Waals surface area contributed by atoms with Crippen LogP contribution in [0.4, 0.5) is 10.1 Å². The van der Waals surface area contributed by atoms with Gasteiger partial charge >= 0.3 is 0 Å². The summed E-state index contributed by atoms with van der Waals surface area (Å²) in [5, 5.41) is 15.9. The minimum atomic E-state index is -0.389. The molecule has 106 valence electrons. The van der Waals surface area contributed by atoms with Crippen LogP contribution in [0.1, 0.15) is 29.2 Å². The van der Waals surface area contributed by atoms with Crippen molar-refractivity contribution in [3.05, 3.63) is 65.0 Å². The average Bonchev–Trinajstić information content (AvgIpc) is 2.71. The summed E-state index contributed by atoms with van der Waals surface area (Å²) in [7, 11) is 0. The Morgan fingerprint density at radius 2 is 2.10 bits per heavy atom. The van der Waals surface area contributed by atoms with Gasteiger partial charge in [-0.2, -0.15) is 5.26 Å². The lowest BCUT2D eigenvalue weighted by Gasteiger charge is -2.21. The first-order valence-corrected chi connectivity index (χ1v) is 7.02. The van der Waals surface area contributed by atoms with Crippen LogP contribution in [0.25, 0.3) is 0 Å². The van der Waals surface area contributed by atoms with Crippen molar-refractivity contribution < 1.29 is 4.39 Å². The predicted molar refractivity (Wildman–Crippen MR) is 80.2 cm³/mol. The minimum absolute atomic E-state index is 0.119.